The molecule has 84 valence electrons. The van der Waals surface area contributed by atoms with E-state index in [1.54, 1.807) is 12.4 Å². The zero-order valence-corrected chi connectivity index (χ0v) is 9.66. The SMILES string of the molecule is Cc1cc(CNCc2ccncc2Cl)on1. The zero-order chi connectivity index (χ0) is 11.4. The van der Waals surface area contributed by atoms with Crippen LogP contribution in [0.15, 0.2) is 29.0 Å². The van der Waals surface area contributed by atoms with Crippen LogP contribution in [0.5, 0.6) is 0 Å². The monoisotopic (exact) mass is 237 g/mol. The van der Waals surface area contributed by atoms with Crippen molar-refractivity contribution in [2.24, 2.45) is 0 Å². The molecule has 2 aromatic heterocycles. The minimum Gasteiger partial charge on any atom is -0.360 e. The summed E-state index contributed by atoms with van der Waals surface area (Å²) in [5.74, 6) is 0.822. The van der Waals surface area contributed by atoms with E-state index >= 15 is 0 Å². The minimum atomic E-state index is 0.638. The van der Waals surface area contributed by atoms with Crippen LogP contribution in [0.3, 0.4) is 0 Å². The molecule has 0 amide bonds. The molecule has 2 heterocycles. The molecule has 16 heavy (non-hydrogen) atoms. The van der Waals surface area contributed by atoms with E-state index in [0.717, 1.165) is 17.0 Å². The van der Waals surface area contributed by atoms with Crippen molar-refractivity contribution in [1.29, 1.82) is 0 Å². The first-order valence-corrected chi connectivity index (χ1v) is 5.35. The second-order valence-electron chi connectivity index (χ2n) is 3.51. The molecule has 0 aliphatic heterocycles. The van der Waals surface area contributed by atoms with Gasteiger partial charge in [0.15, 0.2) is 5.76 Å². The lowest BCUT2D eigenvalue weighted by Crippen LogP contribution is -2.12. The average molecular weight is 238 g/mol. The topological polar surface area (TPSA) is 51.0 Å². The number of hydrogen-bond acceptors (Lipinski definition) is 4. The molecule has 0 aromatic carbocycles. The van der Waals surface area contributed by atoms with E-state index in [4.69, 9.17) is 16.1 Å². The summed E-state index contributed by atoms with van der Waals surface area (Å²) in [5, 5.41) is 7.71. The molecule has 0 spiro atoms. The highest BCUT2D eigenvalue weighted by Crippen LogP contribution is 2.13. The van der Waals surface area contributed by atoms with Crippen molar-refractivity contribution in [3.8, 4) is 0 Å². The number of rotatable bonds is 4. The van der Waals surface area contributed by atoms with E-state index in [9.17, 15) is 0 Å². The number of hydrogen-bond donors (Lipinski definition) is 1. The van der Waals surface area contributed by atoms with Crippen LogP contribution in [0, 0.1) is 6.92 Å². The van der Waals surface area contributed by atoms with Gasteiger partial charge in [-0.2, -0.15) is 0 Å². The lowest BCUT2D eigenvalue weighted by Gasteiger charge is -2.03. The van der Waals surface area contributed by atoms with Crippen LogP contribution in [-0.2, 0) is 13.1 Å². The summed E-state index contributed by atoms with van der Waals surface area (Å²) in [6.07, 6.45) is 3.36. The first kappa shape index (κ1) is 11.1. The lowest BCUT2D eigenvalue weighted by atomic mass is 10.2. The van der Waals surface area contributed by atoms with Crippen molar-refractivity contribution < 1.29 is 4.52 Å². The number of aromatic nitrogens is 2. The number of nitrogens with zero attached hydrogens (tertiary/aromatic N) is 2. The molecular formula is C11H12ClN3O. The number of aryl methyl sites for hydroxylation is 1. The summed E-state index contributed by atoms with van der Waals surface area (Å²) < 4.78 is 5.07. The second kappa shape index (κ2) is 5.09. The lowest BCUT2D eigenvalue weighted by molar-refractivity contribution is 0.369. The molecule has 0 saturated heterocycles. The first-order valence-electron chi connectivity index (χ1n) is 4.97. The molecule has 0 aliphatic rings. The highest BCUT2D eigenvalue weighted by atomic mass is 35.5. The Morgan fingerprint density at radius 2 is 2.31 bits per heavy atom. The van der Waals surface area contributed by atoms with Gasteiger partial charge >= 0.3 is 0 Å². The summed E-state index contributed by atoms with van der Waals surface area (Å²) in [4.78, 5) is 3.93. The van der Waals surface area contributed by atoms with Crippen molar-refractivity contribution >= 4 is 11.6 Å². The predicted molar refractivity (Wildman–Crippen MR) is 61.0 cm³/mol. The van der Waals surface area contributed by atoms with Gasteiger partial charge in [0.25, 0.3) is 0 Å². The minimum absolute atomic E-state index is 0.638. The largest absolute Gasteiger partial charge is 0.360 e. The molecule has 0 unspecified atom stereocenters. The summed E-state index contributed by atoms with van der Waals surface area (Å²) >= 11 is 5.97. The van der Waals surface area contributed by atoms with E-state index in [1.807, 2.05) is 19.1 Å². The van der Waals surface area contributed by atoms with Gasteiger partial charge in [0.2, 0.25) is 0 Å². The highest BCUT2D eigenvalue weighted by Gasteiger charge is 2.02. The van der Waals surface area contributed by atoms with Gasteiger partial charge in [-0.15, -0.1) is 0 Å². The normalized spacial score (nSPS) is 10.6. The molecule has 2 rings (SSSR count). The second-order valence-corrected chi connectivity index (χ2v) is 3.91. The Labute approximate surface area is 98.6 Å². The zero-order valence-electron chi connectivity index (χ0n) is 8.90. The third kappa shape index (κ3) is 2.81. The maximum Gasteiger partial charge on any atom is 0.150 e. The van der Waals surface area contributed by atoms with Crippen LogP contribution in [0.4, 0.5) is 0 Å². The van der Waals surface area contributed by atoms with Crippen molar-refractivity contribution in [2.45, 2.75) is 20.0 Å². The van der Waals surface area contributed by atoms with Gasteiger partial charge in [0.1, 0.15) is 0 Å². The van der Waals surface area contributed by atoms with Gasteiger partial charge in [-0.05, 0) is 18.6 Å². The van der Waals surface area contributed by atoms with Crippen molar-refractivity contribution in [3.63, 3.8) is 0 Å². The van der Waals surface area contributed by atoms with Crippen LogP contribution in [0.25, 0.3) is 0 Å². The fourth-order valence-corrected chi connectivity index (χ4v) is 1.55. The van der Waals surface area contributed by atoms with E-state index in [-0.39, 0.29) is 0 Å². The van der Waals surface area contributed by atoms with E-state index in [0.29, 0.717) is 18.1 Å². The Morgan fingerprint density at radius 3 is 3.00 bits per heavy atom. The van der Waals surface area contributed by atoms with Gasteiger partial charge in [0.05, 0.1) is 17.3 Å². The van der Waals surface area contributed by atoms with Crippen LogP contribution < -0.4 is 5.32 Å². The first-order chi connectivity index (χ1) is 7.75. The fourth-order valence-electron chi connectivity index (χ4n) is 1.37. The third-order valence-corrected chi connectivity index (χ3v) is 2.49. The van der Waals surface area contributed by atoms with E-state index < -0.39 is 0 Å². The Kier molecular flexibility index (Phi) is 3.54. The average Bonchev–Trinajstić information content (AvgIpc) is 2.67. The molecule has 0 bridgehead atoms. The number of nitrogens with one attached hydrogen (secondary N) is 1. The van der Waals surface area contributed by atoms with Gasteiger partial charge in [-0.3, -0.25) is 4.98 Å². The van der Waals surface area contributed by atoms with Crippen LogP contribution >= 0.6 is 11.6 Å². The van der Waals surface area contributed by atoms with Gasteiger partial charge in [0, 0.05) is 25.0 Å². The number of pyridine rings is 1. The standard InChI is InChI=1S/C11H12ClN3O/c1-8-4-10(16-15-8)6-14-5-9-2-3-13-7-11(9)12/h2-4,7,14H,5-6H2,1H3. The number of halogens is 1. The van der Waals surface area contributed by atoms with Crippen LogP contribution in [0.1, 0.15) is 17.0 Å². The van der Waals surface area contributed by atoms with Crippen LogP contribution in [-0.4, -0.2) is 10.1 Å². The molecule has 0 radical (unpaired) electrons. The molecule has 0 aliphatic carbocycles. The maximum absolute atomic E-state index is 5.97. The van der Waals surface area contributed by atoms with Gasteiger partial charge in [-0.1, -0.05) is 16.8 Å². The Morgan fingerprint density at radius 1 is 1.44 bits per heavy atom. The molecule has 5 heteroatoms. The quantitative estimate of drug-likeness (QED) is 0.887. The molecule has 0 atom stereocenters. The summed E-state index contributed by atoms with van der Waals surface area (Å²) in [6.45, 7) is 3.22. The van der Waals surface area contributed by atoms with Crippen molar-refractivity contribution in [3.05, 3.63) is 46.6 Å². The van der Waals surface area contributed by atoms with Crippen molar-refractivity contribution in [2.75, 3.05) is 0 Å². The van der Waals surface area contributed by atoms with Gasteiger partial charge < -0.3 is 9.84 Å². The smallest absolute Gasteiger partial charge is 0.150 e. The molecule has 2 aromatic rings. The Hall–Kier alpha value is -1.39. The summed E-state index contributed by atoms with van der Waals surface area (Å²) in [6, 6.07) is 3.79. The molecular weight excluding hydrogens is 226 g/mol. The Balaban J connectivity index is 1.87. The summed E-state index contributed by atoms with van der Waals surface area (Å²) in [7, 11) is 0. The summed E-state index contributed by atoms with van der Waals surface area (Å²) in [5.41, 5.74) is 1.91. The fraction of sp³-hybridized carbons (Fsp3) is 0.273. The van der Waals surface area contributed by atoms with Crippen molar-refractivity contribution in [1.82, 2.24) is 15.5 Å². The van der Waals surface area contributed by atoms with Gasteiger partial charge in [-0.25, -0.2) is 0 Å². The molecule has 1 N–H and O–H groups in total. The van der Waals surface area contributed by atoms with E-state index in [1.165, 1.54) is 0 Å². The van der Waals surface area contributed by atoms with E-state index in [2.05, 4.69) is 15.5 Å². The highest BCUT2D eigenvalue weighted by molar-refractivity contribution is 6.31. The molecule has 4 nitrogen and oxygen atoms in total. The third-order valence-electron chi connectivity index (χ3n) is 2.15. The van der Waals surface area contributed by atoms with Crippen LogP contribution in [0.2, 0.25) is 5.02 Å². The Bertz CT molecular complexity index is 470. The molecule has 0 fully saturated rings. The maximum atomic E-state index is 5.97. The predicted octanol–water partition coefficient (Wildman–Crippen LogP) is 2.32. The molecule has 0 saturated carbocycles.